The number of benzene rings is 2. The maximum atomic E-state index is 12.5. The molecule has 11 heteroatoms. The van der Waals surface area contributed by atoms with Gasteiger partial charge >= 0.3 is 5.97 Å². The first-order chi connectivity index (χ1) is 14.2. The summed E-state index contributed by atoms with van der Waals surface area (Å²) < 4.78 is 11.0. The summed E-state index contributed by atoms with van der Waals surface area (Å²) in [4.78, 5) is 34.0. The zero-order valence-electron chi connectivity index (χ0n) is 15.6. The van der Waals surface area contributed by atoms with E-state index < -0.39 is 16.8 Å². The Morgan fingerprint density at radius 3 is 2.47 bits per heavy atom. The number of esters is 1. The maximum absolute atomic E-state index is 12.5. The van der Waals surface area contributed by atoms with Crippen LogP contribution >= 0.6 is 31.9 Å². The van der Waals surface area contributed by atoms with Gasteiger partial charge in [0.2, 0.25) is 0 Å². The summed E-state index contributed by atoms with van der Waals surface area (Å²) in [5.41, 5.74) is 0.315. The predicted molar refractivity (Wildman–Crippen MR) is 115 cm³/mol. The molecule has 0 aliphatic rings. The van der Waals surface area contributed by atoms with E-state index in [-0.39, 0.29) is 32.9 Å². The molecule has 2 aromatic rings. The molecule has 0 saturated heterocycles. The first kappa shape index (κ1) is 23.1. The van der Waals surface area contributed by atoms with Crippen molar-refractivity contribution >= 4 is 61.2 Å². The summed E-state index contributed by atoms with van der Waals surface area (Å²) in [7, 11) is 1.38. The van der Waals surface area contributed by atoms with Gasteiger partial charge in [0.1, 0.15) is 11.6 Å². The van der Waals surface area contributed by atoms with E-state index in [0.717, 1.165) is 0 Å². The first-order valence-corrected chi connectivity index (χ1v) is 9.68. The van der Waals surface area contributed by atoms with E-state index in [1.165, 1.54) is 44.4 Å². The second-order valence-electron chi connectivity index (χ2n) is 5.67. The number of amides is 1. The number of nitriles is 1. The minimum atomic E-state index is -0.716. The van der Waals surface area contributed by atoms with Gasteiger partial charge in [0.15, 0.2) is 11.5 Å². The summed E-state index contributed by atoms with van der Waals surface area (Å²) in [5, 5.41) is 22.7. The molecule has 0 bridgehead atoms. The van der Waals surface area contributed by atoms with Crippen molar-refractivity contribution in [2.24, 2.45) is 0 Å². The molecule has 9 nitrogen and oxygen atoms in total. The lowest BCUT2D eigenvalue weighted by molar-refractivity contribution is -0.384. The quantitative estimate of drug-likeness (QED) is 0.142. The lowest BCUT2D eigenvalue weighted by Crippen LogP contribution is -2.14. The molecule has 0 aromatic heterocycles. The maximum Gasteiger partial charge on any atom is 0.308 e. The van der Waals surface area contributed by atoms with E-state index >= 15 is 0 Å². The SMILES string of the molecule is COc1cc(/C=C(\C#N)C(=O)Nc2ccc([N+](=O)[O-])cc2Br)cc(Br)c1OC(C)=O. The topological polar surface area (TPSA) is 132 Å². The van der Waals surface area contributed by atoms with Gasteiger partial charge in [0.05, 0.1) is 22.2 Å². The number of hydrogen-bond donors (Lipinski definition) is 1. The van der Waals surface area contributed by atoms with E-state index in [2.05, 4.69) is 37.2 Å². The highest BCUT2D eigenvalue weighted by Crippen LogP contribution is 2.37. The third kappa shape index (κ3) is 5.65. The molecule has 2 rings (SSSR count). The molecule has 154 valence electrons. The van der Waals surface area contributed by atoms with Crippen molar-refractivity contribution in [3.8, 4) is 17.6 Å². The average molecular weight is 539 g/mol. The number of nitro benzene ring substituents is 1. The highest BCUT2D eigenvalue weighted by atomic mass is 79.9. The Morgan fingerprint density at radius 2 is 1.93 bits per heavy atom. The largest absolute Gasteiger partial charge is 0.493 e. The fourth-order valence-electron chi connectivity index (χ4n) is 2.29. The van der Waals surface area contributed by atoms with Crippen LogP contribution in [0.5, 0.6) is 11.5 Å². The van der Waals surface area contributed by atoms with Crippen LogP contribution in [0, 0.1) is 21.4 Å². The Bertz CT molecular complexity index is 1110. The molecule has 0 aliphatic carbocycles. The van der Waals surface area contributed by atoms with Crippen molar-refractivity contribution in [2.45, 2.75) is 6.92 Å². The minimum absolute atomic E-state index is 0.152. The number of methoxy groups -OCH3 is 1. The highest BCUT2D eigenvalue weighted by molar-refractivity contribution is 9.11. The van der Waals surface area contributed by atoms with Crippen LogP contribution in [0.15, 0.2) is 44.9 Å². The average Bonchev–Trinajstić information content (AvgIpc) is 2.68. The molecular formula is C19H13Br2N3O6. The minimum Gasteiger partial charge on any atom is -0.493 e. The summed E-state index contributed by atoms with van der Waals surface area (Å²) in [6.45, 7) is 1.24. The van der Waals surface area contributed by atoms with Gasteiger partial charge < -0.3 is 14.8 Å². The van der Waals surface area contributed by atoms with Gasteiger partial charge in [-0.25, -0.2) is 0 Å². The zero-order valence-corrected chi connectivity index (χ0v) is 18.7. The summed E-state index contributed by atoms with van der Waals surface area (Å²) in [6.07, 6.45) is 1.32. The number of carbonyl (C=O) groups is 2. The third-order valence-electron chi connectivity index (χ3n) is 3.59. The normalized spacial score (nSPS) is 10.7. The van der Waals surface area contributed by atoms with Crippen molar-refractivity contribution in [3.05, 3.63) is 60.5 Å². The van der Waals surface area contributed by atoms with Crippen LogP contribution in [0.25, 0.3) is 6.08 Å². The van der Waals surface area contributed by atoms with Gasteiger partial charge in [-0.05, 0) is 61.7 Å². The molecule has 2 aromatic carbocycles. The van der Waals surface area contributed by atoms with Gasteiger partial charge in [0.25, 0.3) is 11.6 Å². The molecule has 0 fully saturated rings. The summed E-state index contributed by atoms with van der Waals surface area (Å²) in [5.74, 6) is -0.865. The molecule has 0 radical (unpaired) electrons. The smallest absolute Gasteiger partial charge is 0.308 e. The number of ether oxygens (including phenoxy) is 2. The van der Waals surface area contributed by atoms with Gasteiger partial charge in [-0.1, -0.05) is 0 Å². The first-order valence-electron chi connectivity index (χ1n) is 8.09. The van der Waals surface area contributed by atoms with E-state index in [1.807, 2.05) is 6.07 Å². The highest BCUT2D eigenvalue weighted by Gasteiger charge is 2.17. The second kappa shape index (κ2) is 10.00. The van der Waals surface area contributed by atoms with Crippen LogP contribution in [0.2, 0.25) is 0 Å². The Hall–Kier alpha value is -3.23. The third-order valence-corrected chi connectivity index (χ3v) is 4.83. The summed E-state index contributed by atoms with van der Waals surface area (Å²) >= 11 is 6.42. The van der Waals surface area contributed by atoms with Crippen molar-refractivity contribution in [1.82, 2.24) is 0 Å². The Kier molecular flexibility index (Phi) is 7.68. The fraction of sp³-hybridized carbons (Fsp3) is 0.105. The number of non-ortho nitro benzene ring substituents is 1. The second-order valence-corrected chi connectivity index (χ2v) is 7.38. The van der Waals surface area contributed by atoms with E-state index in [0.29, 0.717) is 10.0 Å². The van der Waals surface area contributed by atoms with Gasteiger partial charge in [-0.3, -0.25) is 19.7 Å². The van der Waals surface area contributed by atoms with Crippen molar-refractivity contribution in [3.63, 3.8) is 0 Å². The number of halogens is 2. The molecule has 0 aliphatic heterocycles. The van der Waals surface area contributed by atoms with Gasteiger partial charge in [0, 0.05) is 23.5 Å². The Labute approximate surface area is 187 Å². The van der Waals surface area contributed by atoms with Crippen LogP contribution in [0.4, 0.5) is 11.4 Å². The van der Waals surface area contributed by atoms with Gasteiger partial charge in [-0.2, -0.15) is 5.26 Å². The Morgan fingerprint density at radius 1 is 1.23 bits per heavy atom. The summed E-state index contributed by atoms with van der Waals surface area (Å²) in [6, 6.07) is 8.67. The molecule has 1 amide bonds. The number of nitrogens with one attached hydrogen (secondary N) is 1. The molecule has 0 saturated carbocycles. The van der Waals surface area contributed by atoms with Crippen LogP contribution in [0.3, 0.4) is 0 Å². The van der Waals surface area contributed by atoms with Crippen LogP contribution in [0.1, 0.15) is 12.5 Å². The number of rotatable bonds is 6. The monoisotopic (exact) mass is 537 g/mol. The Balaban J connectivity index is 2.34. The van der Waals surface area contributed by atoms with Crippen molar-refractivity contribution < 1.29 is 24.0 Å². The zero-order chi connectivity index (χ0) is 22.4. The molecule has 0 atom stereocenters. The van der Waals surface area contributed by atoms with Crippen LogP contribution in [-0.2, 0) is 9.59 Å². The molecule has 0 spiro atoms. The number of nitro groups is 1. The fourth-order valence-corrected chi connectivity index (χ4v) is 3.30. The molecule has 1 N–H and O–H groups in total. The number of hydrogen-bond acceptors (Lipinski definition) is 7. The standard InChI is InChI=1S/C19H13Br2N3O6/c1-10(25)30-18-15(21)6-11(7-17(18)29-2)5-12(9-22)19(26)23-16-4-3-13(24(27)28)8-14(16)20/h3-8H,1-2H3,(H,23,26)/b12-5+. The van der Waals surface area contributed by atoms with E-state index in [4.69, 9.17) is 9.47 Å². The number of anilines is 1. The predicted octanol–water partition coefficient (Wildman–Crippen LogP) is 4.60. The van der Waals surface area contributed by atoms with Crippen LogP contribution < -0.4 is 14.8 Å². The molecule has 30 heavy (non-hydrogen) atoms. The van der Waals surface area contributed by atoms with Gasteiger partial charge in [-0.15, -0.1) is 0 Å². The molecule has 0 heterocycles. The van der Waals surface area contributed by atoms with Crippen molar-refractivity contribution in [2.75, 3.05) is 12.4 Å². The molecule has 0 unspecified atom stereocenters. The van der Waals surface area contributed by atoms with Crippen LogP contribution in [-0.4, -0.2) is 23.9 Å². The van der Waals surface area contributed by atoms with Crippen molar-refractivity contribution in [1.29, 1.82) is 5.26 Å². The lowest BCUT2D eigenvalue weighted by Gasteiger charge is -2.11. The lowest BCUT2D eigenvalue weighted by atomic mass is 10.1. The van der Waals surface area contributed by atoms with E-state index in [1.54, 1.807) is 6.07 Å². The number of nitrogens with zero attached hydrogens (tertiary/aromatic N) is 2. The van der Waals surface area contributed by atoms with E-state index in [9.17, 15) is 25.0 Å². The number of carbonyl (C=O) groups excluding carboxylic acids is 2. The molecular weight excluding hydrogens is 526 g/mol.